The van der Waals surface area contributed by atoms with Crippen molar-refractivity contribution in [1.82, 2.24) is 0 Å². The molecule has 3 nitrogen and oxygen atoms in total. The number of rotatable bonds is 5. The van der Waals surface area contributed by atoms with Gasteiger partial charge in [0.15, 0.2) is 0 Å². The molecule has 92 valence electrons. The minimum Gasteiger partial charge on any atom is -0.496 e. The van der Waals surface area contributed by atoms with Crippen LogP contribution < -0.4 is 10.5 Å². The highest BCUT2D eigenvalue weighted by Crippen LogP contribution is 2.29. The van der Waals surface area contributed by atoms with Crippen molar-refractivity contribution in [2.45, 2.75) is 38.6 Å². The Morgan fingerprint density at radius 1 is 1.41 bits per heavy atom. The predicted octanol–water partition coefficient (Wildman–Crippen LogP) is 3.12. The number of nitrogens with two attached hydrogens (primary N) is 1. The first kappa shape index (κ1) is 13.5. The Hall–Kier alpha value is -1.53. The maximum atomic E-state index is 8.59. The van der Waals surface area contributed by atoms with Crippen molar-refractivity contribution in [1.29, 1.82) is 5.26 Å². The average molecular weight is 232 g/mol. The van der Waals surface area contributed by atoms with Crippen LogP contribution in [0.3, 0.4) is 0 Å². The van der Waals surface area contributed by atoms with Crippen LogP contribution in [0, 0.1) is 11.3 Å². The fourth-order valence-corrected chi connectivity index (χ4v) is 1.78. The van der Waals surface area contributed by atoms with Crippen LogP contribution in [0.2, 0.25) is 0 Å². The minimum atomic E-state index is -0.136. The van der Waals surface area contributed by atoms with Gasteiger partial charge in [-0.2, -0.15) is 5.26 Å². The molecule has 0 amide bonds. The smallest absolute Gasteiger partial charge is 0.123 e. The lowest BCUT2D eigenvalue weighted by Gasteiger charge is -2.17. The zero-order valence-electron chi connectivity index (χ0n) is 10.7. The molecule has 0 aliphatic rings. The van der Waals surface area contributed by atoms with Crippen molar-refractivity contribution in [2.24, 2.45) is 5.73 Å². The third-order valence-corrected chi connectivity index (χ3v) is 2.89. The van der Waals surface area contributed by atoms with Crippen molar-refractivity contribution in [2.75, 3.05) is 7.11 Å². The molecule has 1 aromatic rings. The van der Waals surface area contributed by atoms with E-state index >= 15 is 0 Å². The van der Waals surface area contributed by atoms with Crippen molar-refractivity contribution in [3.05, 3.63) is 29.3 Å². The van der Waals surface area contributed by atoms with Crippen LogP contribution in [0.5, 0.6) is 5.75 Å². The second kappa shape index (κ2) is 6.27. The van der Waals surface area contributed by atoms with E-state index < -0.39 is 0 Å². The molecular formula is C14H20N2O. The summed E-state index contributed by atoms with van der Waals surface area (Å²) in [5.74, 6) is 1.27. The number of nitrogens with zero attached hydrogens (tertiary/aromatic N) is 1. The molecule has 0 spiro atoms. The van der Waals surface area contributed by atoms with Gasteiger partial charge in [0.2, 0.25) is 0 Å². The van der Waals surface area contributed by atoms with Crippen molar-refractivity contribution < 1.29 is 4.74 Å². The molecule has 0 aliphatic carbocycles. The Morgan fingerprint density at radius 2 is 2.12 bits per heavy atom. The van der Waals surface area contributed by atoms with Gasteiger partial charge in [-0.1, -0.05) is 26.0 Å². The van der Waals surface area contributed by atoms with Crippen LogP contribution in [-0.2, 0) is 0 Å². The number of hydrogen-bond acceptors (Lipinski definition) is 3. The highest BCUT2D eigenvalue weighted by atomic mass is 16.5. The van der Waals surface area contributed by atoms with Gasteiger partial charge < -0.3 is 10.5 Å². The largest absolute Gasteiger partial charge is 0.496 e. The molecule has 0 saturated carbocycles. The van der Waals surface area contributed by atoms with Crippen LogP contribution >= 0.6 is 0 Å². The van der Waals surface area contributed by atoms with Crippen LogP contribution in [0.1, 0.15) is 49.8 Å². The van der Waals surface area contributed by atoms with Gasteiger partial charge in [0.1, 0.15) is 5.75 Å². The molecule has 17 heavy (non-hydrogen) atoms. The SMILES string of the molecule is COc1ccc(C(C)C)cc1C(N)CCC#N. The predicted molar refractivity (Wildman–Crippen MR) is 68.9 cm³/mol. The number of benzene rings is 1. The Bertz CT molecular complexity index is 407. The molecule has 1 atom stereocenters. The molecule has 2 N–H and O–H groups in total. The first-order valence-corrected chi connectivity index (χ1v) is 5.90. The molecule has 1 unspecified atom stereocenters. The van der Waals surface area contributed by atoms with Gasteiger partial charge in [0, 0.05) is 18.0 Å². The van der Waals surface area contributed by atoms with Gasteiger partial charge in [-0.3, -0.25) is 0 Å². The number of methoxy groups -OCH3 is 1. The first-order valence-electron chi connectivity index (χ1n) is 5.90. The quantitative estimate of drug-likeness (QED) is 0.848. The minimum absolute atomic E-state index is 0.136. The maximum Gasteiger partial charge on any atom is 0.123 e. The summed E-state index contributed by atoms with van der Waals surface area (Å²) in [5, 5.41) is 8.59. The normalized spacial score (nSPS) is 12.2. The molecule has 1 aromatic carbocycles. The van der Waals surface area contributed by atoms with E-state index in [0.717, 1.165) is 11.3 Å². The van der Waals surface area contributed by atoms with Crippen molar-refractivity contribution in [3.8, 4) is 11.8 Å². The number of hydrogen-bond donors (Lipinski definition) is 1. The lowest BCUT2D eigenvalue weighted by Crippen LogP contribution is -2.12. The standard InChI is InChI=1S/C14H20N2O/c1-10(2)11-6-7-14(17-3)12(9-11)13(16)5-4-8-15/h6-7,9-10,13H,4-5,16H2,1-3H3. The monoisotopic (exact) mass is 232 g/mol. The zero-order valence-corrected chi connectivity index (χ0v) is 10.7. The van der Waals surface area contributed by atoms with E-state index in [0.29, 0.717) is 18.8 Å². The highest BCUT2D eigenvalue weighted by molar-refractivity contribution is 5.40. The molecule has 0 aromatic heterocycles. The average Bonchev–Trinajstić information content (AvgIpc) is 2.34. The van der Waals surface area contributed by atoms with Crippen LogP contribution in [-0.4, -0.2) is 7.11 Å². The second-order valence-corrected chi connectivity index (χ2v) is 4.46. The lowest BCUT2D eigenvalue weighted by atomic mass is 9.95. The van der Waals surface area contributed by atoms with Gasteiger partial charge in [-0.25, -0.2) is 0 Å². The fourth-order valence-electron chi connectivity index (χ4n) is 1.78. The summed E-state index contributed by atoms with van der Waals surface area (Å²) in [7, 11) is 1.64. The summed E-state index contributed by atoms with van der Waals surface area (Å²) >= 11 is 0. The van der Waals surface area contributed by atoms with Crippen molar-refractivity contribution in [3.63, 3.8) is 0 Å². The second-order valence-electron chi connectivity index (χ2n) is 4.46. The highest BCUT2D eigenvalue weighted by Gasteiger charge is 2.13. The summed E-state index contributed by atoms with van der Waals surface area (Å²) in [4.78, 5) is 0. The summed E-state index contributed by atoms with van der Waals surface area (Å²) in [6.45, 7) is 4.29. The number of nitriles is 1. The third kappa shape index (κ3) is 3.47. The number of ether oxygens (including phenoxy) is 1. The van der Waals surface area contributed by atoms with Crippen LogP contribution in [0.15, 0.2) is 18.2 Å². The van der Waals surface area contributed by atoms with Gasteiger partial charge in [0.05, 0.1) is 13.2 Å². The van der Waals surface area contributed by atoms with Crippen LogP contribution in [0.25, 0.3) is 0 Å². The Kier molecular flexibility index (Phi) is 4.99. The fraction of sp³-hybridized carbons (Fsp3) is 0.500. The summed E-state index contributed by atoms with van der Waals surface area (Å²) in [6, 6.07) is 8.09. The topological polar surface area (TPSA) is 59.0 Å². The summed E-state index contributed by atoms with van der Waals surface area (Å²) < 4.78 is 5.32. The molecule has 0 fully saturated rings. The van der Waals surface area contributed by atoms with Gasteiger partial charge in [-0.05, 0) is 24.0 Å². The van der Waals surface area contributed by atoms with Gasteiger partial charge in [-0.15, -0.1) is 0 Å². The van der Waals surface area contributed by atoms with Crippen LogP contribution in [0.4, 0.5) is 0 Å². The molecule has 0 radical (unpaired) electrons. The molecule has 0 aliphatic heterocycles. The Morgan fingerprint density at radius 3 is 2.65 bits per heavy atom. The molecule has 0 bridgehead atoms. The van der Waals surface area contributed by atoms with Gasteiger partial charge in [0.25, 0.3) is 0 Å². The van der Waals surface area contributed by atoms with Crippen molar-refractivity contribution >= 4 is 0 Å². The molecule has 0 heterocycles. The third-order valence-electron chi connectivity index (χ3n) is 2.89. The van der Waals surface area contributed by atoms with E-state index in [1.807, 2.05) is 6.07 Å². The summed E-state index contributed by atoms with van der Waals surface area (Å²) in [6.07, 6.45) is 1.13. The Balaban J connectivity index is 3.01. The van der Waals surface area contributed by atoms with E-state index in [2.05, 4.69) is 32.0 Å². The molecule has 3 heteroatoms. The van der Waals surface area contributed by atoms with E-state index in [4.69, 9.17) is 15.7 Å². The zero-order chi connectivity index (χ0) is 12.8. The first-order chi connectivity index (χ1) is 8.10. The van der Waals surface area contributed by atoms with E-state index in [-0.39, 0.29) is 6.04 Å². The summed E-state index contributed by atoms with van der Waals surface area (Å²) in [5.41, 5.74) is 8.33. The Labute approximate surface area is 103 Å². The van der Waals surface area contributed by atoms with E-state index in [9.17, 15) is 0 Å². The lowest BCUT2D eigenvalue weighted by molar-refractivity contribution is 0.404. The van der Waals surface area contributed by atoms with Gasteiger partial charge >= 0.3 is 0 Å². The molecular weight excluding hydrogens is 212 g/mol. The molecule has 1 rings (SSSR count). The molecule has 0 saturated heterocycles. The maximum absolute atomic E-state index is 8.59. The van der Waals surface area contributed by atoms with E-state index in [1.54, 1.807) is 7.11 Å². The van der Waals surface area contributed by atoms with E-state index in [1.165, 1.54) is 5.56 Å².